The van der Waals surface area contributed by atoms with Crippen molar-refractivity contribution in [1.82, 2.24) is 9.78 Å². The lowest BCUT2D eigenvalue weighted by atomic mass is 9.77. The zero-order valence-electron chi connectivity index (χ0n) is 9.95. The van der Waals surface area contributed by atoms with Crippen molar-refractivity contribution in [3.8, 4) is 0 Å². The molecular weight excluding hydrogens is 231 g/mol. The van der Waals surface area contributed by atoms with Crippen LogP contribution in [0, 0.1) is 6.92 Å². The van der Waals surface area contributed by atoms with Gasteiger partial charge in [0.1, 0.15) is 0 Å². The van der Waals surface area contributed by atoms with Gasteiger partial charge in [-0.2, -0.15) is 5.10 Å². The summed E-state index contributed by atoms with van der Waals surface area (Å²) >= 11 is 0. The highest BCUT2D eigenvalue weighted by molar-refractivity contribution is 6.59. The second-order valence-electron chi connectivity index (χ2n) is 4.10. The van der Waals surface area contributed by atoms with Crippen LogP contribution in [0.5, 0.6) is 0 Å². The molecule has 0 amide bonds. The Labute approximate surface area is 104 Å². The van der Waals surface area contributed by atoms with Crippen LogP contribution in [0.4, 0.5) is 0 Å². The van der Waals surface area contributed by atoms with Crippen LogP contribution in [0.3, 0.4) is 0 Å². The molecule has 0 spiro atoms. The minimum absolute atomic E-state index is 0.211. The molecule has 0 aliphatic carbocycles. The first-order valence-electron chi connectivity index (χ1n) is 5.55. The average Bonchev–Trinajstić information content (AvgIpc) is 2.33. The van der Waals surface area contributed by atoms with Crippen molar-refractivity contribution in [2.75, 3.05) is 0 Å². The largest absolute Gasteiger partial charge is 0.488 e. The summed E-state index contributed by atoms with van der Waals surface area (Å²) in [4.78, 5) is 11.7. The molecule has 0 aliphatic heterocycles. The van der Waals surface area contributed by atoms with E-state index in [0.29, 0.717) is 11.0 Å². The summed E-state index contributed by atoms with van der Waals surface area (Å²) in [6, 6.07) is 8.33. The lowest BCUT2D eigenvalue weighted by molar-refractivity contribution is 0.425. The minimum Gasteiger partial charge on any atom is -0.423 e. The molecule has 2 N–H and O–H groups in total. The van der Waals surface area contributed by atoms with Crippen molar-refractivity contribution in [1.29, 1.82) is 0 Å². The molecule has 0 unspecified atom stereocenters. The molecule has 6 heteroatoms. The molecule has 0 fully saturated rings. The van der Waals surface area contributed by atoms with E-state index in [4.69, 9.17) is 0 Å². The Morgan fingerprint density at radius 3 is 2.72 bits per heavy atom. The molecule has 2 aromatic rings. The molecule has 0 aliphatic rings. The number of aromatic nitrogens is 2. The van der Waals surface area contributed by atoms with Crippen molar-refractivity contribution in [2.24, 2.45) is 0 Å². The lowest BCUT2D eigenvalue weighted by Gasteiger charge is -2.09. The van der Waals surface area contributed by atoms with E-state index in [9.17, 15) is 14.8 Å². The summed E-state index contributed by atoms with van der Waals surface area (Å²) in [6.45, 7) is 2.01. The monoisotopic (exact) mass is 244 g/mol. The molecule has 0 saturated carbocycles. The number of nitrogens with zero attached hydrogens (tertiary/aromatic N) is 2. The Kier molecular flexibility index (Phi) is 3.59. The second-order valence-corrected chi connectivity index (χ2v) is 4.10. The van der Waals surface area contributed by atoms with Gasteiger partial charge in [-0.05, 0) is 23.5 Å². The third kappa shape index (κ3) is 2.66. The van der Waals surface area contributed by atoms with E-state index in [1.165, 1.54) is 10.7 Å². The van der Waals surface area contributed by atoms with Gasteiger partial charge in [-0.15, -0.1) is 0 Å². The maximum Gasteiger partial charge on any atom is 0.488 e. The Morgan fingerprint density at radius 1 is 1.33 bits per heavy atom. The fourth-order valence-corrected chi connectivity index (χ4v) is 1.73. The first-order valence-corrected chi connectivity index (χ1v) is 5.55. The maximum atomic E-state index is 11.7. The third-order valence-electron chi connectivity index (χ3n) is 2.66. The number of hydrogen-bond acceptors (Lipinski definition) is 4. The van der Waals surface area contributed by atoms with E-state index < -0.39 is 7.12 Å². The smallest absolute Gasteiger partial charge is 0.423 e. The summed E-state index contributed by atoms with van der Waals surface area (Å²) < 4.78 is 1.29. The molecule has 1 aromatic heterocycles. The van der Waals surface area contributed by atoms with E-state index in [1.807, 2.05) is 0 Å². The number of rotatable bonds is 3. The van der Waals surface area contributed by atoms with Crippen LogP contribution >= 0.6 is 0 Å². The van der Waals surface area contributed by atoms with Crippen molar-refractivity contribution in [2.45, 2.75) is 13.5 Å². The Balaban J connectivity index is 2.37. The molecule has 0 atom stereocenters. The summed E-state index contributed by atoms with van der Waals surface area (Å²) in [5.41, 5.74) is 1.63. The fourth-order valence-electron chi connectivity index (χ4n) is 1.73. The highest BCUT2D eigenvalue weighted by Crippen LogP contribution is 1.99. The quantitative estimate of drug-likeness (QED) is 0.698. The lowest BCUT2D eigenvalue weighted by Crippen LogP contribution is -2.35. The Bertz CT molecular complexity index is 610. The zero-order chi connectivity index (χ0) is 13.1. The van der Waals surface area contributed by atoms with E-state index in [0.717, 1.165) is 5.56 Å². The predicted molar refractivity (Wildman–Crippen MR) is 68.6 cm³/mol. The highest BCUT2D eigenvalue weighted by atomic mass is 16.4. The summed E-state index contributed by atoms with van der Waals surface area (Å²) in [5.74, 6) is 0. The highest BCUT2D eigenvalue weighted by Gasteiger charge is 2.15. The maximum absolute atomic E-state index is 11.7. The molecule has 0 bridgehead atoms. The van der Waals surface area contributed by atoms with Crippen LogP contribution < -0.4 is 11.0 Å². The van der Waals surface area contributed by atoms with Gasteiger partial charge in [0.05, 0.1) is 12.7 Å². The number of hydrogen-bond donors (Lipinski definition) is 2. The summed E-state index contributed by atoms with van der Waals surface area (Å²) in [6.07, 6.45) is 1.60. The Hall–Kier alpha value is -1.92. The predicted octanol–water partition coefficient (Wildman–Crippen LogP) is -0.720. The van der Waals surface area contributed by atoms with Crippen LogP contribution in [0.25, 0.3) is 0 Å². The average molecular weight is 244 g/mol. The molecule has 92 valence electrons. The van der Waals surface area contributed by atoms with Gasteiger partial charge in [0.2, 0.25) is 0 Å². The molecule has 1 heterocycles. The van der Waals surface area contributed by atoms with Gasteiger partial charge in [0.25, 0.3) is 5.56 Å². The van der Waals surface area contributed by atoms with Gasteiger partial charge in [-0.3, -0.25) is 4.79 Å². The van der Waals surface area contributed by atoms with Crippen molar-refractivity contribution < 1.29 is 10.0 Å². The molecule has 5 nitrogen and oxygen atoms in total. The first kappa shape index (κ1) is 12.5. The van der Waals surface area contributed by atoms with Crippen LogP contribution in [0.2, 0.25) is 0 Å². The zero-order valence-corrected chi connectivity index (χ0v) is 9.95. The van der Waals surface area contributed by atoms with E-state index in [1.54, 1.807) is 37.4 Å². The summed E-state index contributed by atoms with van der Waals surface area (Å²) in [7, 11) is -1.55. The topological polar surface area (TPSA) is 75.3 Å². The van der Waals surface area contributed by atoms with Crippen LogP contribution in [-0.4, -0.2) is 26.9 Å². The SMILES string of the molecule is Cc1cnn(Cc2ccccc2B(O)O)c(=O)c1. The van der Waals surface area contributed by atoms with Crippen LogP contribution in [-0.2, 0) is 6.54 Å². The molecule has 2 rings (SSSR count). The standard InChI is InChI=1S/C12H13BN2O3/c1-9-6-12(16)15(14-7-9)8-10-4-2-3-5-11(10)13(17)18/h2-7,17-18H,8H2,1H3. The van der Waals surface area contributed by atoms with Crippen LogP contribution in [0.1, 0.15) is 11.1 Å². The Morgan fingerprint density at radius 2 is 2.06 bits per heavy atom. The van der Waals surface area contributed by atoms with Gasteiger partial charge in [-0.25, -0.2) is 4.68 Å². The van der Waals surface area contributed by atoms with E-state index in [-0.39, 0.29) is 12.1 Å². The normalized spacial score (nSPS) is 10.4. The first-order chi connectivity index (χ1) is 8.58. The molecule has 0 radical (unpaired) electrons. The minimum atomic E-state index is -1.55. The van der Waals surface area contributed by atoms with Gasteiger partial charge < -0.3 is 10.0 Å². The van der Waals surface area contributed by atoms with Gasteiger partial charge in [-0.1, -0.05) is 24.3 Å². The number of aryl methyl sites for hydroxylation is 1. The van der Waals surface area contributed by atoms with Crippen molar-refractivity contribution >= 4 is 12.6 Å². The fraction of sp³-hybridized carbons (Fsp3) is 0.167. The summed E-state index contributed by atoms with van der Waals surface area (Å²) in [5, 5.41) is 22.5. The van der Waals surface area contributed by atoms with Gasteiger partial charge >= 0.3 is 7.12 Å². The second kappa shape index (κ2) is 5.16. The third-order valence-corrected chi connectivity index (χ3v) is 2.66. The van der Waals surface area contributed by atoms with Crippen molar-refractivity contribution in [3.05, 3.63) is 58.0 Å². The van der Waals surface area contributed by atoms with Crippen molar-refractivity contribution in [3.63, 3.8) is 0 Å². The van der Waals surface area contributed by atoms with Crippen LogP contribution in [0.15, 0.2) is 41.3 Å². The molecule has 1 aromatic carbocycles. The van der Waals surface area contributed by atoms with Gasteiger partial charge in [0, 0.05) is 6.07 Å². The molecular formula is C12H13BN2O3. The van der Waals surface area contributed by atoms with E-state index in [2.05, 4.69) is 5.10 Å². The van der Waals surface area contributed by atoms with Gasteiger partial charge in [0.15, 0.2) is 0 Å². The molecule has 0 saturated heterocycles. The van der Waals surface area contributed by atoms with E-state index >= 15 is 0 Å². The number of benzene rings is 1. The molecule has 18 heavy (non-hydrogen) atoms.